The number of aryl methyl sites for hydroxylation is 1. The fourth-order valence-corrected chi connectivity index (χ4v) is 2.68. The van der Waals surface area contributed by atoms with Gasteiger partial charge in [0.1, 0.15) is 11.9 Å². The average molecular weight is 240 g/mol. The number of anilines is 1. The lowest BCUT2D eigenvalue weighted by Gasteiger charge is -2.13. The van der Waals surface area contributed by atoms with Crippen LogP contribution in [0.4, 0.5) is 5.69 Å². The quantitative estimate of drug-likeness (QED) is 0.779. The first-order valence-corrected chi connectivity index (χ1v) is 6.16. The van der Waals surface area contributed by atoms with Gasteiger partial charge in [0.15, 0.2) is 0 Å². The van der Waals surface area contributed by atoms with Crippen molar-refractivity contribution >= 4 is 5.69 Å². The second-order valence-electron chi connectivity index (χ2n) is 4.83. The van der Waals surface area contributed by atoms with Crippen molar-refractivity contribution in [1.82, 2.24) is 4.98 Å². The zero-order valence-electron chi connectivity index (χ0n) is 10.6. The van der Waals surface area contributed by atoms with Gasteiger partial charge in [0.05, 0.1) is 5.69 Å². The molecular formula is C15H16N2O. The maximum Gasteiger partial charge on any atom is 0.146 e. The Morgan fingerprint density at radius 1 is 1.33 bits per heavy atom. The number of hydrogen-bond donors (Lipinski definition) is 1. The van der Waals surface area contributed by atoms with Crippen LogP contribution < -0.4 is 10.5 Å². The van der Waals surface area contributed by atoms with E-state index in [-0.39, 0.29) is 6.10 Å². The molecule has 0 amide bonds. The number of nitrogens with zero attached hydrogens (tertiary/aromatic N) is 1. The molecule has 1 aliphatic rings. The number of hydrogen-bond acceptors (Lipinski definition) is 3. The highest BCUT2D eigenvalue weighted by Gasteiger charge is 2.26. The summed E-state index contributed by atoms with van der Waals surface area (Å²) in [5.41, 5.74) is 11.6. The van der Waals surface area contributed by atoms with E-state index in [1.807, 2.05) is 30.6 Å². The van der Waals surface area contributed by atoms with E-state index in [0.29, 0.717) is 0 Å². The van der Waals surface area contributed by atoms with Gasteiger partial charge < -0.3 is 10.5 Å². The number of benzene rings is 1. The Labute approximate surface area is 107 Å². The number of fused-ring (bicyclic) bond motifs is 1. The summed E-state index contributed by atoms with van der Waals surface area (Å²) < 4.78 is 5.81. The molecule has 1 atom stereocenters. The zero-order valence-corrected chi connectivity index (χ0v) is 10.6. The lowest BCUT2D eigenvalue weighted by atomic mass is 9.92. The van der Waals surface area contributed by atoms with Gasteiger partial charge in [-0.3, -0.25) is 4.98 Å². The smallest absolute Gasteiger partial charge is 0.146 e. The summed E-state index contributed by atoms with van der Waals surface area (Å²) in [6.45, 7) is 4.17. The number of aromatic nitrogens is 1. The number of nitrogens with two attached hydrogens (primary N) is 1. The Balaban J connectivity index is 2.25. The van der Waals surface area contributed by atoms with E-state index in [4.69, 9.17) is 10.5 Å². The Bertz CT molecular complexity index is 593. The summed E-state index contributed by atoms with van der Waals surface area (Å²) in [5.74, 6) is 0.861. The molecule has 0 bridgehead atoms. The van der Waals surface area contributed by atoms with Crippen LogP contribution in [0.2, 0.25) is 0 Å². The molecule has 3 heteroatoms. The summed E-state index contributed by atoms with van der Waals surface area (Å²) in [4.78, 5) is 4.07. The Hall–Kier alpha value is -2.03. The van der Waals surface area contributed by atoms with Crippen LogP contribution in [0.5, 0.6) is 5.75 Å². The van der Waals surface area contributed by atoms with E-state index >= 15 is 0 Å². The van der Waals surface area contributed by atoms with Gasteiger partial charge in [-0.15, -0.1) is 0 Å². The molecule has 1 aromatic carbocycles. The Morgan fingerprint density at radius 2 is 2.06 bits per heavy atom. The third kappa shape index (κ3) is 1.63. The predicted molar refractivity (Wildman–Crippen MR) is 72.6 cm³/mol. The van der Waals surface area contributed by atoms with Crippen molar-refractivity contribution in [2.24, 2.45) is 0 Å². The monoisotopic (exact) mass is 240 g/mol. The lowest BCUT2D eigenvalue weighted by molar-refractivity contribution is 0.256. The molecular weight excluding hydrogens is 224 g/mol. The summed E-state index contributed by atoms with van der Waals surface area (Å²) in [5, 5.41) is 0. The van der Waals surface area contributed by atoms with Gasteiger partial charge in [0, 0.05) is 24.4 Å². The van der Waals surface area contributed by atoms with Gasteiger partial charge in [-0.05, 0) is 48.7 Å². The summed E-state index contributed by atoms with van der Waals surface area (Å²) in [7, 11) is 0. The van der Waals surface area contributed by atoms with Crippen LogP contribution in [0.15, 0.2) is 30.6 Å². The first-order valence-electron chi connectivity index (χ1n) is 6.16. The second-order valence-corrected chi connectivity index (χ2v) is 4.83. The van der Waals surface area contributed by atoms with Crippen LogP contribution >= 0.6 is 0 Å². The second kappa shape index (κ2) is 4.02. The van der Waals surface area contributed by atoms with Gasteiger partial charge >= 0.3 is 0 Å². The summed E-state index contributed by atoms with van der Waals surface area (Å²) in [6, 6.07) is 6.05. The fraction of sp³-hybridized carbons (Fsp3) is 0.267. The highest BCUT2D eigenvalue weighted by Crippen LogP contribution is 2.42. The molecule has 0 aliphatic carbocycles. The highest BCUT2D eigenvalue weighted by atomic mass is 16.5. The molecule has 1 aliphatic heterocycles. The molecule has 92 valence electrons. The predicted octanol–water partition coefficient (Wildman–Crippen LogP) is 2.96. The maximum absolute atomic E-state index is 6.04. The van der Waals surface area contributed by atoms with Crippen LogP contribution in [-0.2, 0) is 6.42 Å². The molecule has 0 saturated heterocycles. The minimum atomic E-state index is 0.199. The normalized spacial score (nSPS) is 17.3. The van der Waals surface area contributed by atoms with E-state index < -0.39 is 0 Å². The number of ether oxygens (including phenoxy) is 1. The maximum atomic E-state index is 6.04. The third-order valence-corrected chi connectivity index (χ3v) is 3.38. The Kier molecular flexibility index (Phi) is 2.47. The molecule has 0 radical (unpaired) electrons. The van der Waals surface area contributed by atoms with Crippen LogP contribution in [-0.4, -0.2) is 11.1 Å². The van der Waals surface area contributed by atoms with Crippen molar-refractivity contribution in [3.05, 3.63) is 41.7 Å². The molecule has 1 unspecified atom stereocenters. The van der Waals surface area contributed by atoms with Gasteiger partial charge in [0.25, 0.3) is 0 Å². The van der Waals surface area contributed by atoms with Crippen molar-refractivity contribution in [2.45, 2.75) is 26.4 Å². The largest absolute Gasteiger partial charge is 0.488 e. The molecule has 0 spiro atoms. The molecule has 2 aromatic rings. The van der Waals surface area contributed by atoms with Crippen molar-refractivity contribution < 1.29 is 4.74 Å². The topological polar surface area (TPSA) is 48.1 Å². The third-order valence-electron chi connectivity index (χ3n) is 3.38. The summed E-state index contributed by atoms with van der Waals surface area (Å²) in [6.07, 6.45) is 4.75. The van der Waals surface area contributed by atoms with Crippen LogP contribution in [0, 0.1) is 6.92 Å². The molecule has 2 N–H and O–H groups in total. The molecule has 0 saturated carbocycles. The van der Waals surface area contributed by atoms with Crippen LogP contribution in [0.1, 0.15) is 18.1 Å². The van der Waals surface area contributed by atoms with Crippen molar-refractivity contribution in [2.75, 3.05) is 5.73 Å². The molecule has 1 aromatic heterocycles. The lowest BCUT2D eigenvalue weighted by Crippen LogP contribution is -2.05. The standard InChI is InChI=1S/C15H16N2O/c1-9-7-13(16)15-12(8-10(2)18-15)14(9)11-3-5-17-6-4-11/h3-7,10H,8,16H2,1-2H3. The first-order chi connectivity index (χ1) is 8.66. The van der Waals surface area contributed by atoms with Gasteiger partial charge in [-0.2, -0.15) is 0 Å². The molecule has 18 heavy (non-hydrogen) atoms. The molecule has 0 fully saturated rings. The van der Waals surface area contributed by atoms with Crippen LogP contribution in [0.25, 0.3) is 11.1 Å². The average Bonchev–Trinajstić information content (AvgIpc) is 2.72. The van der Waals surface area contributed by atoms with Crippen molar-refractivity contribution in [3.63, 3.8) is 0 Å². The minimum absolute atomic E-state index is 0.199. The van der Waals surface area contributed by atoms with Crippen LogP contribution in [0.3, 0.4) is 0 Å². The number of pyridine rings is 1. The Morgan fingerprint density at radius 3 is 2.78 bits per heavy atom. The van der Waals surface area contributed by atoms with E-state index in [9.17, 15) is 0 Å². The van der Waals surface area contributed by atoms with E-state index in [1.165, 1.54) is 22.3 Å². The van der Waals surface area contributed by atoms with Gasteiger partial charge in [0.2, 0.25) is 0 Å². The number of nitrogen functional groups attached to an aromatic ring is 1. The SMILES string of the molecule is Cc1cc(N)c2c(c1-c1ccncc1)CC(C)O2. The molecule has 3 nitrogen and oxygen atoms in total. The number of rotatable bonds is 1. The fourth-order valence-electron chi connectivity index (χ4n) is 2.68. The minimum Gasteiger partial charge on any atom is -0.488 e. The van der Waals surface area contributed by atoms with E-state index in [0.717, 1.165) is 17.9 Å². The van der Waals surface area contributed by atoms with Crippen molar-refractivity contribution in [3.8, 4) is 16.9 Å². The van der Waals surface area contributed by atoms with E-state index in [2.05, 4.69) is 18.8 Å². The zero-order chi connectivity index (χ0) is 12.7. The van der Waals surface area contributed by atoms with Gasteiger partial charge in [-0.25, -0.2) is 0 Å². The summed E-state index contributed by atoms with van der Waals surface area (Å²) >= 11 is 0. The molecule has 2 heterocycles. The van der Waals surface area contributed by atoms with Gasteiger partial charge in [-0.1, -0.05) is 0 Å². The van der Waals surface area contributed by atoms with Crippen molar-refractivity contribution in [1.29, 1.82) is 0 Å². The molecule has 3 rings (SSSR count). The van der Waals surface area contributed by atoms with E-state index in [1.54, 1.807) is 0 Å². The first kappa shape index (κ1) is 11.1. The highest BCUT2D eigenvalue weighted by molar-refractivity contribution is 5.79.